The molecule has 0 heterocycles. The van der Waals surface area contributed by atoms with Gasteiger partial charge in [-0.1, -0.05) is 39.0 Å². The molecule has 0 amide bonds. The van der Waals surface area contributed by atoms with Gasteiger partial charge in [0.25, 0.3) is 11.0 Å². The molecule has 0 saturated carbocycles. The van der Waals surface area contributed by atoms with Crippen molar-refractivity contribution >= 4 is 11.0 Å². The van der Waals surface area contributed by atoms with E-state index in [0.717, 1.165) is 12.8 Å². The minimum Gasteiger partial charge on any atom is -0.272 e. The van der Waals surface area contributed by atoms with Gasteiger partial charge < -0.3 is 0 Å². The first kappa shape index (κ1) is 11.9. The highest BCUT2D eigenvalue weighted by atomic mass is 32.2. The van der Waals surface area contributed by atoms with Gasteiger partial charge in [0.1, 0.15) is 0 Å². The molecule has 4 heteroatoms. The average Bonchev–Trinajstić information content (AvgIpc) is 2.02. The zero-order valence-electron chi connectivity index (χ0n) is 7.62. The van der Waals surface area contributed by atoms with E-state index in [-0.39, 0.29) is 0 Å². The molecule has 0 unspecified atom stereocenters. The molecule has 0 saturated heterocycles. The first-order valence-electron chi connectivity index (χ1n) is 4.54. The molecular formula is C8H18O3S. The fraction of sp³-hybridized carbons (Fsp3) is 1.00. The quantitative estimate of drug-likeness (QED) is 0.474. The molecule has 0 radical (unpaired) electrons. The van der Waals surface area contributed by atoms with Gasteiger partial charge in [-0.15, -0.1) is 0 Å². The number of hydrogen-bond donors (Lipinski definition) is 1. The molecule has 0 N–H and O–H groups in total. The van der Waals surface area contributed by atoms with Crippen LogP contribution in [-0.2, 0) is 15.2 Å². The second-order valence-electron chi connectivity index (χ2n) is 2.82. The Morgan fingerprint density at radius 2 is 1.58 bits per heavy atom. The lowest BCUT2D eigenvalue weighted by atomic mass is 10.1. The van der Waals surface area contributed by atoms with Crippen molar-refractivity contribution in [3.05, 3.63) is 0 Å². The monoisotopic (exact) mass is 194 g/mol. The Morgan fingerprint density at radius 3 is 2.17 bits per heavy atom. The SMILES string of the molecule is CCCCCCCCO[SH](=O)=O. The van der Waals surface area contributed by atoms with Crippen LogP contribution in [0, 0.1) is 0 Å². The maximum atomic E-state index is 9.95. The van der Waals surface area contributed by atoms with Gasteiger partial charge in [0.15, 0.2) is 0 Å². The van der Waals surface area contributed by atoms with Gasteiger partial charge in [0, 0.05) is 0 Å². The van der Waals surface area contributed by atoms with Crippen LogP contribution in [0.5, 0.6) is 0 Å². The summed E-state index contributed by atoms with van der Waals surface area (Å²) in [7, 11) is -2.63. The first-order valence-corrected chi connectivity index (χ1v) is 5.64. The van der Waals surface area contributed by atoms with Crippen LogP contribution in [0.2, 0.25) is 0 Å². The highest BCUT2D eigenvalue weighted by molar-refractivity contribution is 7.67. The molecule has 0 atom stereocenters. The largest absolute Gasteiger partial charge is 0.272 e. The van der Waals surface area contributed by atoms with Crippen LogP contribution in [0.25, 0.3) is 0 Å². The molecule has 0 fully saturated rings. The Labute approximate surface area is 76.3 Å². The van der Waals surface area contributed by atoms with Crippen molar-refractivity contribution in [3.63, 3.8) is 0 Å². The van der Waals surface area contributed by atoms with Gasteiger partial charge in [-0.3, -0.25) is 4.18 Å². The number of hydrogen-bond acceptors (Lipinski definition) is 3. The van der Waals surface area contributed by atoms with E-state index in [4.69, 9.17) is 0 Å². The topological polar surface area (TPSA) is 43.4 Å². The summed E-state index contributed by atoms with van der Waals surface area (Å²) in [5, 5.41) is 0. The third-order valence-corrected chi connectivity index (χ3v) is 2.09. The van der Waals surface area contributed by atoms with Crippen LogP contribution < -0.4 is 0 Å². The minimum atomic E-state index is -2.63. The van der Waals surface area contributed by atoms with E-state index in [2.05, 4.69) is 11.1 Å². The zero-order valence-corrected chi connectivity index (χ0v) is 8.52. The predicted octanol–water partition coefficient (Wildman–Crippen LogP) is 1.89. The smallest absolute Gasteiger partial charge is 0.257 e. The zero-order chi connectivity index (χ0) is 9.23. The van der Waals surface area contributed by atoms with Crippen LogP contribution >= 0.6 is 0 Å². The second-order valence-corrected chi connectivity index (χ2v) is 3.53. The molecule has 0 aromatic carbocycles. The molecule has 12 heavy (non-hydrogen) atoms. The normalized spacial score (nSPS) is 10.8. The Hall–Kier alpha value is -0.0900. The van der Waals surface area contributed by atoms with Crippen molar-refractivity contribution in [3.8, 4) is 0 Å². The maximum absolute atomic E-state index is 9.95. The van der Waals surface area contributed by atoms with E-state index in [9.17, 15) is 8.42 Å². The summed E-state index contributed by atoms with van der Waals surface area (Å²) in [5.74, 6) is 0. The highest BCUT2D eigenvalue weighted by Gasteiger charge is 1.90. The van der Waals surface area contributed by atoms with Crippen LogP contribution in [-0.4, -0.2) is 15.0 Å². The molecule has 0 aliphatic carbocycles. The molecular weight excluding hydrogens is 176 g/mol. The van der Waals surface area contributed by atoms with Gasteiger partial charge >= 0.3 is 0 Å². The summed E-state index contributed by atoms with van der Waals surface area (Å²) in [4.78, 5) is 0. The van der Waals surface area contributed by atoms with E-state index in [1.54, 1.807) is 0 Å². The van der Waals surface area contributed by atoms with Gasteiger partial charge in [0.05, 0.1) is 6.61 Å². The summed E-state index contributed by atoms with van der Waals surface area (Å²) in [6.07, 6.45) is 6.88. The van der Waals surface area contributed by atoms with E-state index in [1.165, 1.54) is 25.7 Å². The van der Waals surface area contributed by atoms with E-state index in [1.807, 2.05) is 0 Å². The molecule has 0 spiro atoms. The second kappa shape index (κ2) is 9.00. The van der Waals surface area contributed by atoms with Crippen LogP contribution in [0.3, 0.4) is 0 Å². The van der Waals surface area contributed by atoms with Gasteiger partial charge in [-0.2, -0.15) is 0 Å². The predicted molar refractivity (Wildman–Crippen MR) is 49.6 cm³/mol. The fourth-order valence-corrected chi connectivity index (χ4v) is 1.30. The standard InChI is InChI=1S/C8H18O3S/c1-2-3-4-5-6-7-8-11-12(9)10/h12H,2-8H2,1H3. The lowest BCUT2D eigenvalue weighted by Crippen LogP contribution is -1.91. The Bertz CT molecular complexity index is 146. The average molecular weight is 194 g/mol. The molecule has 0 aromatic heterocycles. The lowest BCUT2D eigenvalue weighted by Gasteiger charge is -1.98. The molecule has 0 aliphatic heterocycles. The van der Waals surface area contributed by atoms with E-state index in [0.29, 0.717) is 6.61 Å². The van der Waals surface area contributed by atoms with Gasteiger partial charge in [0.2, 0.25) is 0 Å². The fourth-order valence-electron chi connectivity index (χ4n) is 1.02. The lowest BCUT2D eigenvalue weighted by molar-refractivity contribution is 0.320. The van der Waals surface area contributed by atoms with Crippen molar-refractivity contribution in [1.82, 2.24) is 0 Å². The van der Waals surface area contributed by atoms with Gasteiger partial charge in [-0.25, -0.2) is 8.42 Å². The summed E-state index contributed by atoms with van der Waals surface area (Å²) < 4.78 is 24.3. The Morgan fingerprint density at radius 1 is 1.00 bits per heavy atom. The van der Waals surface area contributed by atoms with Crippen molar-refractivity contribution in [2.45, 2.75) is 45.4 Å². The molecule has 0 aromatic rings. The van der Waals surface area contributed by atoms with Crippen molar-refractivity contribution in [2.75, 3.05) is 6.61 Å². The number of rotatable bonds is 8. The van der Waals surface area contributed by atoms with Crippen LogP contribution in [0.1, 0.15) is 45.4 Å². The van der Waals surface area contributed by atoms with Gasteiger partial charge in [-0.05, 0) is 6.42 Å². The molecule has 0 rings (SSSR count). The number of thiol groups is 1. The Balaban J connectivity index is 2.91. The van der Waals surface area contributed by atoms with E-state index >= 15 is 0 Å². The molecule has 0 bridgehead atoms. The van der Waals surface area contributed by atoms with Crippen molar-refractivity contribution in [2.24, 2.45) is 0 Å². The molecule has 0 aliphatic rings. The maximum Gasteiger partial charge on any atom is 0.257 e. The molecule has 3 nitrogen and oxygen atoms in total. The molecule has 74 valence electrons. The van der Waals surface area contributed by atoms with E-state index < -0.39 is 11.0 Å². The first-order chi connectivity index (χ1) is 5.77. The number of unbranched alkanes of at least 4 members (excludes halogenated alkanes) is 5. The third-order valence-electron chi connectivity index (χ3n) is 1.69. The highest BCUT2D eigenvalue weighted by Crippen LogP contribution is 2.04. The van der Waals surface area contributed by atoms with Crippen molar-refractivity contribution < 1.29 is 12.6 Å². The summed E-state index contributed by atoms with van der Waals surface area (Å²) in [6, 6.07) is 0. The Kier molecular flexibility index (Phi) is 8.93. The van der Waals surface area contributed by atoms with Crippen LogP contribution in [0.4, 0.5) is 0 Å². The van der Waals surface area contributed by atoms with Crippen LogP contribution in [0.15, 0.2) is 0 Å². The minimum absolute atomic E-state index is 0.352. The van der Waals surface area contributed by atoms with Crippen molar-refractivity contribution in [1.29, 1.82) is 0 Å². The summed E-state index contributed by atoms with van der Waals surface area (Å²) in [6.45, 7) is 2.52. The summed E-state index contributed by atoms with van der Waals surface area (Å²) in [5.41, 5.74) is 0. The summed E-state index contributed by atoms with van der Waals surface area (Å²) >= 11 is 0. The third kappa shape index (κ3) is 9.91.